The Labute approximate surface area is 508 Å². The first kappa shape index (κ1) is 80.8. The van der Waals surface area contributed by atoms with Gasteiger partial charge in [0.2, 0.25) is 0 Å². The molecule has 0 spiro atoms. The van der Waals surface area contributed by atoms with Crippen LogP contribution in [0.25, 0.3) is 0 Å². The summed E-state index contributed by atoms with van der Waals surface area (Å²) < 4.78 is 12.4. The van der Waals surface area contributed by atoms with E-state index in [-0.39, 0.29) is 5.41 Å². The Kier molecular flexibility index (Phi) is 52.3. The van der Waals surface area contributed by atoms with Crippen LogP contribution in [0.2, 0.25) is 38.3 Å². The SMILES string of the molecule is C=CC.C=CCC.C=CCCCCC.C=CCCCCCCC.C=CCCCCCCCCC.CC.Cc1cc(C)cc([Si](C)(C)CCCOc2ccc(C(C)(C)c3ccc(OCCC[Si](C)(C)c4cc(C)cc(C)c4)cc3)cc2)c1. The Balaban J connectivity index is -0.00000136. The maximum absolute atomic E-state index is 6.19. The fourth-order valence-corrected chi connectivity index (χ4v) is 14.3. The normalized spacial score (nSPS) is 10.5. The summed E-state index contributed by atoms with van der Waals surface area (Å²) in [7, 11) is -2.95. The lowest BCUT2D eigenvalue weighted by Gasteiger charge is -2.27. The van der Waals surface area contributed by atoms with Crippen LogP contribution in [0, 0.1) is 27.7 Å². The number of ether oxygens (including phenoxy) is 2. The van der Waals surface area contributed by atoms with Crippen LogP contribution in [0.4, 0.5) is 0 Å². The first-order valence-electron chi connectivity index (χ1n) is 32.4. The molecule has 81 heavy (non-hydrogen) atoms. The largest absolute Gasteiger partial charge is 0.494 e. The summed E-state index contributed by atoms with van der Waals surface area (Å²) in [5.41, 5.74) is 7.94. The third-order valence-corrected chi connectivity index (χ3v) is 21.3. The van der Waals surface area contributed by atoms with Crippen LogP contribution in [-0.2, 0) is 5.41 Å². The Morgan fingerprint density at radius 3 is 0.938 bits per heavy atom. The monoisotopic (exact) mass is 1140 g/mol. The van der Waals surface area contributed by atoms with Gasteiger partial charge >= 0.3 is 0 Å². The van der Waals surface area contributed by atoms with Gasteiger partial charge in [0.25, 0.3) is 0 Å². The van der Waals surface area contributed by atoms with Gasteiger partial charge in [-0.1, -0.05) is 294 Å². The average molecular weight is 1140 g/mol. The van der Waals surface area contributed by atoms with Crippen LogP contribution in [0.15, 0.2) is 148 Å². The zero-order chi connectivity index (χ0) is 61.8. The van der Waals surface area contributed by atoms with Crippen molar-refractivity contribution in [3.63, 3.8) is 0 Å². The first-order valence-corrected chi connectivity index (χ1v) is 38.8. The summed E-state index contributed by atoms with van der Waals surface area (Å²) in [6.07, 6.45) is 37.1. The van der Waals surface area contributed by atoms with E-state index < -0.39 is 16.1 Å². The highest BCUT2D eigenvalue weighted by Crippen LogP contribution is 2.33. The number of unbranched alkanes of at least 4 members (excludes halogenated alkanes) is 15. The lowest BCUT2D eigenvalue weighted by Crippen LogP contribution is -2.41. The van der Waals surface area contributed by atoms with Crippen molar-refractivity contribution in [3.8, 4) is 11.5 Å². The Morgan fingerprint density at radius 2 is 0.667 bits per heavy atom. The molecule has 0 bridgehead atoms. The highest BCUT2D eigenvalue weighted by Gasteiger charge is 2.26. The van der Waals surface area contributed by atoms with Crippen LogP contribution in [-0.4, -0.2) is 29.4 Å². The minimum atomic E-state index is -1.48. The van der Waals surface area contributed by atoms with E-state index in [1.54, 1.807) is 16.4 Å². The molecule has 4 rings (SSSR count). The topological polar surface area (TPSA) is 18.5 Å². The van der Waals surface area contributed by atoms with Crippen molar-refractivity contribution in [2.75, 3.05) is 13.2 Å². The fraction of sp³-hybridized carbons (Fsp3) is 0.558. The molecule has 0 aliphatic rings. The van der Waals surface area contributed by atoms with E-state index in [9.17, 15) is 0 Å². The highest BCUT2D eigenvalue weighted by molar-refractivity contribution is 6.90. The van der Waals surface area contributed by atoms with Crippen molar-refractivity contribution in [1.29, 1.82) is 0 Å². The standard InChI is InChI=1S/C41H56O2Si2.C11H22.C9H18.C7H14.C4H8.C3H6.C2H6/c1-31-25-32(2)28-39(27-31)44(7,8)23-11-21-42-37-17-13-35(14-18-37)41(5,6)36-15-19-38(20-16-36)43-22-12-24-45(9,10)40-29-33(3)26-34(4)30-40;1-3-5-7-9-11-10-8-6-4-2;1-3-5-7-9-8-6-4-2;1-3-5-7-6-4-2;1-3-4-2;1-3-2;1-2/h13-20,25-30H,11-12,21-24H2,1-10H3;3H,1,4-11H2,2H3;3H,1,4-9H2,2H3;3H,1,4-7H2,2H3;3H,1,4H2,2H3;3H,1H2,2H3;1-2H3. The minimum absolute atomic E-state index is 0.111. The molecule has 4 aromatic carbocycles. The van der Waals surface area contributed by atoms with Crippen molar-refractivity contribution in [2.24, 2.45) is 0 Å². The van der Waals surface area contributed by atoms with E-state index in [1.165, 1.54) is 161 Å². The van der Waals surface area contributed by atoms with Crippen LogP contribution in [0.5, 0.6) is 11.5 Å². The fourth-order valence-electron chi connectivity index (χ4n) is 9.21. The van der Waals surface area contributed by atoms with Gasteiger partial charge in [-0.05, 0) is 128 Å². The van der Waals surface area contributed by atoms with Crippen molar-refractivity contribution >= 4 is 26.5 Å². The molecular formula is C77H130O2Si2. The van der Waals surface area contributed by atoms with Gasteiger partial charge in [0.1, 0.15) is 11.5 Å². The zero-order valence-electron chi connectivity index (χ0n) is 56.5. The molecular weight excluding hydrogens is 1010 g/mol. The molecule has 4 heteroatoms. The molecule has 4 aromatic rings. The maximum atomic E-state index is 6.19. The van der Waals surface area contributed by atoms with E-state index in [4.69, 9.17) is 9.47 Å². The van der Waals surface area contributed by atoms with E-state index in [0.717, 1.165) is 44.0 Å². The molecule has 0 N–H and O–H groups in total. The molecule has 0 atom stereocenters. The number of benzene rings is 4. The van der Waals surface area contributed by atoms with Crippen LogP contribution < -0.4 is 19.8 Å². The van der Waals surface area contributed by atoms with Crippen molar-refractivity contribution in [3.05, 3.63) is 182 Å². The minimum Gasteiger partial charge on any atom is -0.494 e. The van der Waals surface area contributed by atoms with Gasteiger partial charge in [-0.3, -0.25) is 0 Å². The van der Waals surface area contributed by atoms with E-state index in [0.29, 0.717) is 0 Å². The maximum Gasteiger partial charge on any atom is 0.119 e. The quantitative estimate of drug-likeness (QED) is 0.0269. The number of hydrogen-bond acceptors (Lipinski definition) is 2. The molecule has 0 fully saturated rings. The van der Waals surface area contributed by atoms with Gasteiger partial charge in [-0.2, -0.15) is 0 Å². The van der Waals surface area contributed by atoms with Gasteiger partial charge < -0.3 is 9.47 Å². The van der Waals surface area contributed by atoms with Gasteiger partial charge in [0, 0.05) is 5.41 Å². The van der Waals surface area contributed by atoms with Crippen LogP contribution in [0.1, 0.15) is 231 Å². The molecule has 0 radical (unpaired) electrons. The number of rotatable bonds is 33. The molecule has 0 aliphatic heterocycles. The molecule has 458 valence electrons. The highest BCUT2D eigenvalue weighted by atomic mass is 28.3. The van der Waals surface area contributed by atoms with E-state index in [1.807, 2.05) is 45.1 Å². The van der Waals surface area contributed by atoms with Crippen LogP contribution >= 0.6 is 0 Å². The lowest BCUT2D eigenvalue weighted by molar-refractivity contribution is 0.316. The average Bonchev–Trinajstić information content (AvgIpc) is 3.44. The van der Waals surface area contributed by atoms with Crippen molar-refractivity contribution in [1.82, 2.24) is 0 Å². The van der Waals surface area contributed by atoms with E-state index in [2.05, 4.69) is 213 Å². The van der Waals surface area contributed by atoms with E-state index >= 15 is 0 Å². The second-order valence-electron chi connectivity index (χ2n) is 23.7. The molecule has 0 heterocycles. The predicted octanol–water partition coefficient (Wildman–Crippen LogP) is 24.4. The van der Waals surface area contributed by atoms with Crippen molar-refractivity contribution < 1.29 is 9.47 Å². The molecule has 0 saturated carbocycles. The zero-order valence-corrected chi connectivity index (χ0v) is 58.5. The second-order valence-corrected chi connectivity index (χ2v) is 33.4. The summed E-state index contributed by atoms with van der Waals surface area (Å²) in [6, 6.07) is 33.9. The van der Waals surface area contributed by atoms with Crippen molar-refractivity contribution in [2.45, 2.75) is 269 Å². The van der Waals surface area contributed by atoms with Gasteiger partial charge in [-0.15, -0.1) is 32.9 Å². The Hall–Kier alpha value is -4.39. The third kappa shape index (κ3) is 42.1. The molecule has 0 aliphatic carbocycles. The smallest absolute Gasteiger partial charge is 0.119 e. The Bertz CT molecular complexity index is 1970. The molecule has 0 unspecified atom stereocenters. The molecule has 2 nitrogen and oxygen atoms in total. The Morgan fingerprint density at radius 1 is 0.407 bits per heavy atom. The van der Waals surface area contributed by atoms with Gasteiger partial charge in [0.05, 0.1) is 29.4 Å². The van der Waals surface area contributed by atoms with Gasteiger partial charge in [-0.25, -0.2) is 0 Å². The summed E-state index contributed by atoms with van der Waals surface area (Å²) in [6.45, 7) is 57.4. The summed E-state index contributed by atoms with van der Waals surface area (Å²) in [5, 5.41) is 3.11. The second kappa shape index (κ2) is 52.4. The lowest BCUT2D eigenvalue weighted by atomic mass is 9.78. The molecule has 0 saturated heterocycles. The molecule has 0 aromatic heterocycles. The number of allylic oxidation sites excluding steroid dienone is 5. The summed E-state index contributed by atoms with van der Waals surface area (Å²) >= 11 is 0. The summed E-state index contributed by atoms with van der Waals surface area (Å²) in [4.78, 5) is 0. The predicted molar refractivity (Wildman–Crippen MR) is 379 cm³/mol. The molecule has 0 amide bonds. The van der Waals surface area contributed by atoms with Gasteiger partial charge in [0.15, 0.2) is 0 Å². The summed E-state index contributed by atoms with van der Waals surface area (Å²) in [5.74, 6) is 1.90. The van der Waals surface area contributed by atoms with Crippen LogP contribution in [0.3, 0.4) is 0 Å². The number of hydrogen-bond donors (Lipinski definition) is 0. The third-order valence-electron chi connectivity index (χ3n) is 14.4. The number of aryl methyl sites for hydroxylation is 4. The first-order chi connectivity index (χ1) is 38.7.